The molecule has 1 heterocycles. The van der Waals surface area contributed by atoms with E-state index in [-0.39, 0.29) is 0 Å². The number of hydrogen-bond donors (Lipinski definition) is 0. The van der Waals surface area contributed by atoms with Crippen molar-refractivity contribution in [2.24, 2.45) is 0 Å². The van der Waals surface area contributed by atoms with Crippen LogP contribution in [0.4, 0.5) is 0 Å². The van der Waals surface area contributed by atoms with Gasteiger partial charge in [0.15, 0.2) is 0 Å². The van der Waals surface area contributed by atoms with Gasteiger partial charge in [-0.1, -0.05) is 18.2 Å². The van der Waals surface area contributed by atoms with Crippen LogP contribution in [-0.4, -0.2) is 16.6 Å². The van der Waals surface area contributed by atoms with Gasteiger partial charge in [0.1, 0.15) is 22.4 Å². The summed E-state index contributed by atoms with van der Waals surface area (Å²) < 4.78 is 5.29. The van der Waals surface area contributed by atoms with Crippen molar-refractivity contribution < 1.29 is 4.74 Å². The lowest BCUT2D eigenvalue weighted by Crippen LogP contribution is -1.99. The van der Waals surface area contributed by atoms with Gasteiger partial charge in [0.2, 0.25) is 0 Å². The first kappa shape index (κ1) is 10.4. The number of rotatable bonds is 4. The average Bonchev–Trinajstić information content (AvgIpc) is 3.00. The summed E-state index contributed by atoms with van der Waals surface area (Å²) >= 11 is 5.92. The Morgan fingerprint density at radius 2 is 2.33 bits per heavy atom. The van der Waals surface area contributed by atoms with Gasteiger partial charge < -0.3 is 4.74 Å². The van der Waals surface area contributed by atoms with Crippen LogP contribution in [0.1, 0.15) is 37.2 Å². The summed E-state index contributed by atoms with van der Waals surface area (Å²) in [6.07, 6.45) is 2.31. The van der Waals surface area contributed by atoms with Gasteiger partial charge in [-0.05, 0) is 19.8 Å². The summed E-state index contributed by atoms with van der Waals surface area (Å²) in [6.45, 7) is 6.30. The minimum atomic E-state index is 0.461. The zero-order chi connectivity index (χ0) is 10.8. The third-order valence-electron chi connectivity index (χ3n) is 2.26. The van der Waals surface area contributed by atoms with Crippen LogP contribution < -0.4 is 0 Å². The largest absolute Gasteiger partial charge is 0.492 e. The van der Waals surface area contributed by atoms with Gasteiger partial charge in [0, 0.05) is 12.0 Å². The number of aromatic nitrogens is 2. The predicted octanol–water partition coefficient (Wildman–Crippen LogP) is 3.01. The summed E-state index contributed by atoms with van der Waals surface area (Å²) in [5.74, 6) is 1.86. The van der Waals surface area contributed by atoms with Crippen LogP contribution in [0.25, 0.3) is 5.76 Å². The fraction of sp³-hybridized carbons (Fsp3) is 0.455. The molecule has 0 N–H and O–H groups in total. The molecule has 0 unspecified atom stereocenters. The molecule has 1 aromatic heterocycles. The highest BCUT2D eigenvalue weighted by molar-refractivity contribution is 6.29. The van der Waals surface area contributed by atoms with E-state index in [0.717, 1.165) is 18.7 Å². The second-order valence-corrected chi connectivity index (χ2v) is 3.95. The zero-order valence-electron chi connectivity index (χ0n) is 8.66. The maximum atomic E-state index is 5.92. The maximum absolute atomic E-state index is 5.92. The lowest BCUT2D eigenvalue weighted by atomic mass is 10.3. The fourth-order valence-corrected chi connectivity index (χ4v) is 1.54. The SMILES string of the molecule is C=C(OCC)c1cc(Cl)nc(C2CC2)n1. The van der Waals surface area contributed by atoms with Crippen molar-refractivity contribution in [3.05, 3.63) is 29.3 Å². The second kappa shape index (κ2) is 4.19. The van der Waals surface area contributed by atoms with E-state index in [2.05, 4.69) is 16.5 Å². The summed E-state index contributed by atoms with van der Waals surface area (Å²) in [5.41, 5.74) is 0.693. The van der Waals surface area contributed by atoms with E-state index in [1.807, 2.05) is 6.92 Å². The van der Waals surface area contributed by atoms with Gasteiger partial charge in [-0.25, -0.2) is 9.97 Å². The summed E-state index contributed by atoms with van der Waals surface area (Å²) in [6, 6.07) is 1.69. The van der Waals surface area contributed by atoms with Crippen LogP contribution in [0.15, 0.2) is 12.6 Å². The standard InChI is InChI=1S/C11H13ClN2O/c1-3-15-7(2)9-6-10(12)14-11(13-9)8-4-5-8/h6,8H,2-5H2,1H3. The molecular weight excluding hydrogens is 212 g/mol. The van der Waals surface area contributed by atoms with E-state index in [1.165, 1.54) is 0 Å². The average molecular weight is 225 g/mol. The first-order valence-corrected chi connectivity index (χ1v) is 5.45. The Kier molecular flexibility index (Phi) is 2.91. The molecule has 1 saturated carbocycles. The molecule has 1 fully saturated rings. The number of hydrogen-bond acceptors (Lipinski definition) is 3. The van der Waals surface area contributed by atoms with Gasteiger partial charge in [-0.2, -0.15) is 0 Å². The van der Waals surface area contributed by atoms with E-state index in [4.69, 9.17) is 16.3 Å². The highest BCUT2D eigenvalue weighted by Gasteiger charge is 2.27. The molecule has 0 aromatic carbocycles. The monoisotopic (exact) mass is 224 g/mol. The van der Waals surface area contributed by atoms with Crippen molar-refractivity contribution >= 4 is 17.4 Å². The molecule has 1 aliphatic rings. The molecule has 0 radical (unpaired) electrons. The van der Waals surface area contributed by atoms with E-state index in [0.29, 0.717) is 29.1 Å². The lowest BCUT2D eigenvalue weighted by molar-refractivity contribution is 0.297. The Bertz CT molecular complexity index is 388. The lowest BCUT2D eigenvalue weighted by Gasteiger charge is -2.07. The fourth-order valence-electron chi connectivity index (χ4n) is 1.35. The molecule has 80 valence electrons. The van der Waals surface area contributed by atoms with E-state index < -0.39 is 0 Å². The van der Waals surface area contributed by atoms with Gasteiger partial charge in [0.05, 0.1) is 6.61 Å². The minimum Gasteiger partial charge on any atom is -0.492 e. The van der Waals surface area contributed by atoms with Crippen molar-refractivity contribution in [2.75, 3.05) is 6.61 Å². The topological polar surface area (TPSA) is 35.0 Å². The van der Waals surface area contributed by atoms with Gasteiger partial charge in [0.25, 0.3) is 0 Å². The zero-order valence-corrected chi connectivity index (χ0v) is 9.42. The highest BCUT2D eigenvalue weighted by Crippen LogP contribution is 2.38. The van der Waals surface area contributed by atoms with Crippen LogP contribution in [0.2, 0.25) is 5.15 Å². The first-order valence-electron chi connectivity index (χ1n) is 5.07. The van der Waals surface area contributed by atoms with Crippen LogP contribution in [0.5, 0.6) is 0 Å². The molecule has 15 heavy (non-hydrogen) atoms. The molecule has 0 bridgehead atoms. The van der Waals surface area contributed by atoms with Crippen molar-refractivity contribution in [1.29, 1.82) is 0 Å². The Morgan fingerprint density at radius 1 is 1.60 bits per heavy atom. The van der Waals surface area contributed by atoms with Crippen molar-refractivity contribution in [2.45, 2.75) is 25.7 Å². The number of halogens is 1. The summed E-state index contributed by atoms with van der Waals surface area (Å²) in [7, 11) is 0. The minimum absolute atomic E-state index is 0.461. The Hall–Kier alpha value is -1.09. The molecular formula is C11H13ClN2O. The second-order valence-electron chi connectivity index (χ2n) is 3.56. The molecule has 2 rings (SSSR count). The molecule has 0 aliphatic heterocycles. The van der Waals surface area contributed by atoms with Crippen molar-refractivity contribution in [3.8, 4) is 0 Å². The molecule has 4 heteroatoms. The van der Waals surface area contributed by atoms with Gasteiger partial charge in [-0.3, -0.25) is 0 Å². The van der Waals surface area contributed by atoms with E-state index >= 15 is 0 Å². The Balaban J connectivity index is 2.26. The Morgan fingerprint density at radius 3 is 2.93 bits per heavy atom. The predicted molar refractivity (Wildman–Crippen MR) is 59.7 cm³/mol. The Labute approximate surface area is 94.1 Å². The molecule has 1 aliphatic carbocycles. The van der Waals surface area contributed by atoms with E-state index in [9.17, 15) is 0 Å². The maximum Gasteiger partial charge on any atom is 0.137 e. The molecule has 0 amide bonds. The highest BCUT2D eigenvalue weighted by atomic mass is 35.5. The first-order chi connectivity index (χ1) is 7.20. The van der Waals surface area contributed by atoms with Crippen LogP contribution >= 0.6 is 11.6 Å². The van der Waals surface area contributed by atoms with Crippen molar-refractivity contribution in [3.63, 3.8) is 0 Å². The quantitative estimate of drug-likeness (QED) is 0.583. The van der Waals surface area contributed by atoms with Crippen LogP contribution in [0.3, 0.4) is 0 Å². The van der Waals surface area contributed by atoms with Crippen molar-refractivity contribution in [1.82, 2.24) is 9.97 Å². The van der Waals surface area contributed by atoms with Gasteiger partial charge in [-0.15, -0.1) is 0 Å². The molecule has 3 nitrogen and oxygen atoms in total. The van der Waals surface area contributed by atoms with E-state index in [1.54, 1.807) is 6.07 Å². The van der Waals surface area contributed by atoms with Crippen LogP contribution in [-0.2, 0) is 4.74 Å². The third kappa shape index (κ3) is 2.48. The smallest absolute Gasteiger partial charge is 0.137 e. The summed E-state index contributed by atoms with van der Waals surface area (Å²) in [5, 5.41) is 0.461. The van der Waals surface area contributed by atoms with Crippen LogP contribution in [0, 0.1) is 0 Å². The molecule has 1 aromatic rings. The number of nitrogens with zero attached hydrogens (tertiary/aromatic N) is 2. The summed E-state index contributed by atoms with van der Waals surface area (Å²) in [4.78, 5) is 8.59. The molecule has 0 saturated heterocycles. The normalized spacial score (nSPS) is 15.1. The van der Waals surface area contributed by atoms with Gasteiger partial charge >= 0.3 is 0 Å². The molecule has 0 atom stereocenters. The third-order valence-corrected chi connectivity index (χ3v) is 2.45. The number of ether oxygens (including phenoxy) is 1. The molecule has 0 spiro atoms.